The van der Waals surface area contributed by atoms with Gasteiger partial charge >= 0.3 is 0 Å². The highest BCUT2D eigenvalue weighted by atomic mass is 19.3. The number of carbonyl (C=O) groups excluding carboxylic acids is 1. The fourth-order valence-corrected chi connectivity index (χ4v) is 6.76. The molecule has 2 fully saturated rings. The van der Waals surface area contributed by atoms with Crippen LogP contribution < -0.4 is 16.0 Å². The van der Waals surface area contributed by atoms with Gasteiger partial charge in [0.2, 0.25) is 17.7 Å². The van der Waals surface area contributed by atoms with Crippen molar-refractivity contribution >= 4 is 11.6 Å². The number of fused-ring (bicyclic) bond motifs is 1. The highest BCUT2D eigenvalue weighted by Gasteiger charge is 2.46. The molecule has 1 aromatic heterocycles. The quantitative estimate of drug-likeness (QED) is 0.397. The molecule has 2 aliphatic carbocycles. The zero-order chi connectivity index (χ0) is 30.4. The number of benzene rings is 2. The van der Waals surface area contributed by atoms with Crippen LogP contribution in [-0.4, -0.2) is 61.3 Å². The van der Waals surface area contributed by atoms with Crippen molar-refractivity contribution in [3.8, 4) is 11.6 Å². The summed E-state index contributed by atoms with van der Waals surface area (Å²) in [5, 5.41) is 21.2. The molecule has 3 aromatic rings. The highest BCUT2D eigenvalue weighted by molar-refractivity contribution is 5.80. The number of aromatic nitrogens is 2. The number of aliphatic hydroxyl groups is 2. The molecule has 2 heterocycles. The number of likely N-dealkylation sites (tertiary alicyclic amines) is 1. The molecule has 0 bridgehead atoms. The Balaban J connectivity index is 1.10. The smallest absolute Gasteiger partial charge is 0.280 e. The minimum absolute atomic E-state index is 0.0434. The van der Waals surface area contributed by atoms with Crippen molar-refractivity contribution in [1.29, 1.82) is 0 Å². The van der Waals surface area contributed by atoms with Crippen molar-refractivity contribution in [1.82, 2.24) is 14.5 Å². The lowest BCUT2D eigenvalue weighted by molar-refractivity contribution is -0.145. The van der Waals surface area contributed by atoms with Crippen LogP contribution in [0.4, 0.5) is 14.5 Å². The fourth-order valence-electron chi connectivity index (χ4n) is 6.76. The third-order valence-corrected chi connectivity index (χ3v) is 9.18. The van der Waals surface area contributed by atoms with Gasteiger partial charge in [-0.25, -0.2) is 13.8 Å². The SMILES string of the molecule is Nc1c(Oc2ccc3c(c2)CC(O)C3)ncn(CC2(O)CCN(C(=O)[C@@H]3CCC(F)(F)C[C@H]3c3ccccc3)CC2)c1=O. The monoisotopic (exact) mass is 594 g/mol. The number of anilines is 1. The normalized spacial score (nSPS) is 24.4. The van der Waals surface area contributed by atoms with Gasteiger partial charge < -0.3 is 25.6 Å². The lowest BCUT2D eigenvalue weighted by Crippen LogP contribution is -2.52. The molecule has 6 rings (SSSR count). The van der Waals surface area contributed by atoms with Crippen molar-refractivity contribution in [2.24, 2.45) is 5.92 Å². The van der Waals surface area contributed by atoms with Crippen LogP contribution in [0.3, 0.4) is 0 Å². The third kappa shape index (κ3) is 6.14. The number of alkyl halides is 2. The summed E-state index contributed by atoms with van der Waals surface area (Å²) in [6.45, 7) is 0.426. The molecule has 0 spiro atoms. The van der Waals surface area contributed by atoms with Crippen molar-refractivity contribution < 1.29 is 28.5 Å². The minimum atomic E-state index is -2.81. The molecular weight excluding hydrogens is 558 g/mol. The number of amides is 1. The van der Waals surface area contributed by atoms with Gasteiger partial charge in [-0.2, -0.15) is 0 Å². The molecule has 0 radical (unpaired) electrons. The second-order valence-corrected chi connectivity index (χ2v) is 12.3. The van der Waals surface area contributed by atoms with Gasteiger partial charge in [0.1, 0.15) is 12.1 Å². The Kier molecular flexibility index (Phi) is 7.72. The molecule has 1 saturated carbocycles. The predicted octanol–water partition coefficient (Wildman–Crippen LogP) is 3.65. The summed E-state index contributed by atoms with van der Waals surface area (Å²) < 4.78 is 35.8. The number of aliphatic hydroxyl groups excluding tert-OH is 1. The van der Waals surface area contributed by atoms with Gasteiger partial charge in [-0.05, 0) is 60.9 Å². The number of nitrogens with two attached hydrogens (primary N) is 1. The summed E-state index contributed by atoms with van der Waals surface area (Å²) >= 11 is 0. The van der Waals surface area contributed by atoms with E-state index in [1.54, 1.807) is 41.3 Å². The molecule has 1 unspecified atom stereocenters. The molecule has 1 amide bonds. The molecule has 228 valence electrons. The van der Waals surface area contributed by atoms with E-state index in [2.05, 4.69) is 4.98 Å². The van der Waals surface area contributed by atoms with Crippen molar-refractivity contribution in [3.63, 3.8) is 0 Å². The number of piperidine rings is 1. The summed E-state index contributed by atoms with van der Waals surface area (Å²) in [6, 6.07) is 14.4. The van der Waals surface area contributed by atoms with E-state index < -0.39 is 35.0 Å². The molecule has 3 aliphatic rings. The first-order valence-corrected chi connectivity index (χ1v) is 14.8. The Morgan fingerprint density at radius 3 is 2.53 bits per heavy atom. The number of nitrogens with zero attached hydrogens (tertiary/aromatic N) is 3. The Morgan fingerprint density at radius 2 is 1.79 bits per heavy atom. The van der Waals surface area contributed by atoms with E-state index in [0.717, 1.165) is 16.7 Å². The second-order valence-electron chi connectivity index (χ2n) is 12.3. The van der Waals surface area contributed by atoms with Crippen LogP contribution in [0, 0.1) is 5.92 Å². The molecule has 3 atom stereocenters. The second kappa shape index (κ2) is 11.3. The molecule has 1 aliphatic heterocycles. The van der Waals surface area contributed by atoms with Gasteiger partial charge in [0.15, 0.2) is 5.69 Å². The first kappa shape index (κ1) is 29.3. The summed E-state index contributed by atoms with van der Waals surface area (Å²) in [7, 11) is 0. The van der Waals surface area contributed by atoms with E-state index in [1.165, 1.54) is 10.9 Å². The summed E-state index contributed by atoms with van der Waals surface area (Å²) in [5.41, 5.74) is 6.82. The number of halogens is 2. The Bertz CT molecular complexity index is 1560. The van der Waals surface area contributed by atoms with Crippen LogP contribution in [0.5, 0.6) is 11.6 Å². The van der Waals surface area contributed by atoms with E-state index >= 15 is 0 Å². The molecule has 2 aromatic carbocycles. The standard InChI is InChI=1S/C32H36F2N4O5/c33-32(34)9-8-25(26(17-32)20-4-2-1-3-5-20)29(40)37-12-10-31(42,11-13-37)18-38-19-36-28(27(35)30(38)41)43-24-7-6-21-14-23(39)15-22(21)16-24/h1-7,16,19,23,25-26,39,42H,8-15,17-18,35H2/t23?,25-,26+/m1/s1. The van der Waals surface area contributed by atoms with E-state index in [9.17, 15) is 28.6 Å². The molecule has 1 saturated heterocycles. The number of rotatable bonds is 6. The molecule has 9 nitrogen and oxygen atoms in total. The number of carbonyl (C=O) groups is 1. The summed E-state index contributed by atoms with van der Waals surface area (Å²) in [4.78, 5) is 32.5. The van der Waals surface area contributed by atoms with Crippen LogP contribution in [0.15, 0.2) is 59.7 Å². The van der Waals surface area contributed by atoms with Gasteiger partial charge in [-0.1, -0.05) is 36.4 Å². The van der Waals surface area contributed by atoms with Gasteiger partial charge in [-0.15, -0.1) is 0 Å². The van der Waals surface area contributed by atoms with Crippen molar-refractivity contribution in [2.45, 2.75) is 75.0 Å². The lowest BCUT2D eigenvalue weighted by atomic mass is 9.73. The van der Waals surface area contributed by atoms with E-state index in [1.807, 2.05) is 12.1 Å². The maximum absolute atomic E-state index is 14.4. The molecular formula is C32H36F2N4O5. The highest BCUT2D eigenvalue weighted by Crippen LogP contribution is 2.46. The van der Waals surface area contributed by atoms with Gasteiger partial charge in [0.25, 0.3) is 5.56 Å². The van der Waals surface area contributed by atoms with E-state index in [-0.39, 0.29) is 69.2 Å². The first-order valence-electron chi connectivity index (χ1n) is 14.8. The number of hydrogen-bond acceptors (Lipinski definition) is 7. The number of ether oxygens (including phenoxy) is 1. The largest absolute Gasteiger partial charge is 0.437 e. The van der Waals surface area contributed by atoms with Crippen LogP contribution in [0.1, 0.15) is 54.7 Å². The molecule has 43 heavy (non-hydrogen) atoms. The average molecular weight is 595 g/mol. The van der Waals surface area contributed by atoms with Crippen LogP contribution in [-0.2, 0) is 24.2 Å². The Morgan fingerprint density at radius 1 is 1.07 bits per heavy atom. The van der Waals surface area contributed by atoms with Gasteiger partial charge in [0, 0.05) is 37.8 Å². The van der Waals surface area contributed by atoms with E-state index in [0.29, 0.717) is 18.6 Å². The third-order valence-electron chi connectivity index (χ3n) is 9.18. The Labute approximate surface area is 247 Å². The van der Waals surface area contributed by atoms with Crippen molar-refractivity contribution in [2.75, 3.05) is 18.8 Å². The summed E-state index contributed by atoms with van der Waals surface area (Å²) in [5.74, 6) is -3.70. The minimum Gasteiger partial charge on any atom is -0.437 e. The summed E-state index contributed by atoms with van der Waals surface area (Å²) in [6.07, 6.45) is 1.83. The van der Waals surface area contributed by atoms with Gasteiger partial charge in [-0.3, -0.25) is 14.2 Å². The maximum atomic E-state index is 14.4. The van der Waals surface area contributed by atoms with E-state index in [4.69, 9.17) is 10.5 Å². The topological polar surface area (TPSA) is 131 Å². The van der Waals surface area contributed by atoms with Crippen LogP contribution in [0.25, 0.3) is 0 Å². The zero-order valence-corrected chi connectivity index (χ0v) is 23.8. The molecule has 4 N–H and O–H groups in total. The zero-order valence-electron chi connectivity index (χ0n) is 23.8. The first-order chi connectivity index (χ1) is 20.5. The number of nitrogen functional groups attached to an aromatic ring is 1. The Hall–Kier alpha value is -3.83. The maximum Gasteiger partial charge on any atom is 0.280 e. The predicted molar refractivity (Wildman–Crippen MR) is 155 cm³/mol. The fraction of sp³-hybridized carbons (Fsp3) is 0.469. The van der Waals surface area contributed by atoms with Crippen LogP contribution in [0.2, 0.25) is 0 Å². The average Bonchev–Trinajstić information content (AvgIpc) is 3.36. The number of hydrogen-bond donors (Lipinski definition) is 3. The lowest BCUT2D eigenvalue weighted by Gasteiger charge is -2.42. The van der Waals surface area contributed by atoms with Crippen molar-refractivity contribution in [3.05, 3.63) is 81.9 Å². The van der Waals surface area contributed by atoms with Crippen LogP contribution >= 0.6 is 0 Å². The van der Waals surface area contributed by atoms with Gasteiger partial charge in [0.05, 0.1) is 18.2 Å². The molecule has 11 heteroatoms.